The van der Waals surface area contributed by atoms with Crippen molar-refractivity contribution in [1.82, 2.24) is 9.80 Å². The lowest BCUT2D eigenvalue weighted by molar-refractivity contribution is -0.915. The van der Waals surface area contributed by atoms with Crippen molar-refractivity contribution >= 4 is 23.8 Å². The van der Waals surface area contributed by atoms with Crippen molar-refractivity contribution in [3.8, 4) is 11.5 Å². The third-order valence-electron chi connectivity index (χ3n) is 10.1. The Bertz CT molecular complexity index is 1340. The number of carbonyl (C=O) groups is 4. The van der Waals surface area contributed by atoms with Gasteiger partial charge in [-0.2, -0.15) is 0 Å². The lowest BCUT2D eigenvalue weighted by atomic mass is 10.0. The number of quaternary nitrogens is 2. The number of carbonyl (C=O) groups excluding carboxylic acids is 4. The van der Waals surface area contributed by atoms with Gasteiger partial charge in [0.2, 0.25) is 0 Å². The summed E-state index contributed by atoms with van der Waals surface area (Å²) in [4.78, 5) is 54.3. The monoisotopic (exact) mass is 753 g/mol. The summed E-state index contributed by atoms with van der Waals surface area (Å²) in [5, 5.41) is 0. The second kappa shape index (κ2) is 24.6. The van der Waals surface area contributed by atoms with Crippen molar-refractivity contribution in [2.24, 2.45) is 0 Å². The van der Waals surface area contributed by atoms with Gasteiger partial charge >= 0.3 is 12.2 Å². The van der Waals surface area contributed by atoms with Gasteiger partial charge in [-0.25, -0.2) is 9.59 Å². The average Bonchev–Trinajstić information content (AvgIpc) is 3.11. The number of benzene rings is 2. The van der Waals surface area contributed by atoms with Crippen LogP contribution in [0.3, 0.4) is 0 Å². The minimum atomic E-state index is -0.418. The summed E-state index contributed by atoms with van der Waals surface area (Å²) in [6.07, 6.45) is 12.7. The quantitative estimate of drug-likeness (QED) is 0.0668. The Hall–Kier alpha value is -3.76. The number of likely N-dealkylation sites (N-methyl/N-ethyl adjacent to an activating group) is 2. The molecule has 0 spiro atoms. The Labute approximate surface area is 326 Å². The second-order valence-electron chi connectivity index (χ2n) is 16.2. The van der Waals surface area contributed by atoms with Gasteiger partial charge in [0.1, 0.15) is 37.7 Å². The van der Waals surface area contributed by atoms with Crippen LogP contribution in [0.15, 0.2) is 48.5 Å². The molecule has 2 rings (SSSR count). The lowest BCUT2D eigenvalue weighted by Crippen LogP contribution is -2.47. The normalized spacial score (nSPS) is 13.4. The van der Waals surface area contributed by atoms with Gasteiger partial charge in [0, 0.05) is 52.2 Å². The highest BCUT2D eigenvalue weighted by molar-refractivity contribution is 5.80. The van der Waals surface area contributed by atoms with Crippen LogP contribution in [0.25, 0.3) is 0 Å². The van der Waals surface area contributed by atoms with E-state index in [-0.39, 0.29) is 11.6 Å². The van der Waals surface area contributed by atoms with Gasteiger partial charge in [-0.3, -0.25) is 9.59 Å². The van der Waals surface area contributed by atoms with Gasteiger partial charge in [0.25, 0.3) is 0 Å². The summed E-state index contributed by atoms with van der Waals surface area (Å²) in [5.41, 5.74) is 1.85. The number of unbranched alkanes of at least 4 members (excludes halogenated alkanes) is 9. The van der Waals surface area contributed by atoms with E-state index in [0.29, 0.717) is 59.5 Å². The zero-order valence-corrected chi connectivity index (χ0v) is 35.0. The summed E-state index contributed by atoms with van der Waals surface area (Å²) >= 11 is 0. The molecule has 2 amide bonds. The molecule has 10 heteroatoms. The largest absolute Gasteiger partial charge is 0.414 e. The average molecular weight is 753 g/mol. The number of nitrogens with zero attached hydrogens (tertiary/aromatic N) is 4. The van der Waals surface area contributed by atoms with Crippen LogP contribution in [0.5, 0.6) is 11.5 Å². The Morgan fingerprint density at radius 1 is 0.519 bits per heavy atom. The maximum atomic E-state index is 13.4. The molecule has 2 aromatic carbocycles. The first kappa shape index (κ1) is 46.4. The van der Waals surface area contributed by atoms with E-state index in [2.05, 4.69) is 27.9 Å². The van der Waals surface area contributed by atoms with Crippen LogP contribution in [0.2, 0.25) is 0 Å². The first-order valence-corrected chi connectivity index (χ1v) is 20.4. The Morgan fingerprint density at radius 3 is 1.22 bits per heavy atom. The summed E-state index contributed by atoms with van der Waals surface area (Å²) in [7, 11) is 10.9. The molecule has 2 atom stereocenters. The summed E-state index contributed by atoms with van der Waals surface area (Å²) in [6.45, 7) is 8.26. The molecular weight excluding hydrogens is 681 g/mol. The SMILES string of the molecule is CCCCCC[N+](C)(CC(=O)CCCCCCC(=O)C[N+](C)(CCCCCC)Cc1ccccc1OC(=O)N(C)C)Cc1ccccc1OC(=O)N(C)C. The van der Waals surface area contributed by atoms with Gasteiger partial charge in [0.05, 0.1) is 27.2 Å². The number of ether oxygens (including phenoxy) is 2. The molecule has 0 N–H and O–H groups in total. The summed E-state index contributed by atoms with van der Waals surface area (Å²) < 4.78 is 12.5. The van der Waals surface area contributed by atoms with E-state index in [9.17, 15) is 19.2 Å². The van der Waals surface area contributed by atoms with Crippen LogP contribution in [-0.2, 0) is 22.7 Å². The Kier molecular flexibility index (Phi) is 21.1. The molecule has 0 bridgehead atoms. The highest BCUT2D eigenvalue weighted by Gasteiger charge is 2.29. The van der Waals surface area contributed by atoms with Gasteiger partial charge in [-0.1, -0.05) is 76.6 Å². The minimum Gasteiger partial charge on any atom is -0.410 e. The van der Waals surface area contributed by atoms with Gasteiger partial charge in [0.15, 0.2) is 11.6 Å². The molecule has 0 radical (unpaired) electrons. The van der Waals surface area contributed by atoms with Crippen LogP contribution >= 0.6 is 0 Å². The number of ketones is 2. The predicted molar refractivity (Wildman–Crippen MR) is 218 cm³/mol. The van der Waals surface area contributed by atoms with E-state index >= 15 is 0 Å². The standard InChI is InChI=1S/C44H72N4O6/c1-9-11-13-23-31-47(7,33-37-25-19-21-29-41(37)53-43(51)45(3)4)35-39(49)27-17-15-16-18-28-40(50)36-48(8,32-24-14-12-10-2)34-38-26-20-22-30-42(38)54-44(52)46(5)6/h19-22,25-26,29-30H,9-18,23-24,27-28,31-36H2,1-8H3/q+2. The van der Waals surface area contributed by atoms with Gasteiger partial charge in [-0.15, -0.1) is 0 Å². The van der Waals surface area contributed by atoms with Crippen molar-refractivity contribution < 1.29 is 37.6 Å². The molecule has 10 nitrogen and oxygen atoms in total. The first-order valence-electron chi connectivity index (χ1n) is 20.4. The fourth-order valence-electron chi connectivity index (χ4n) is 6.94. The maximum absolute atomic E-state index is 13.4. The molecule has 2 unspecified atom stereocenters. The first-order chi connectivity index (χ1) is 25.7. The Morgan fingerprint density at radius 2 is 0.870 bits per heavy atom. The van der Waals surface area contributed by atoms with Crippen LogP contribution in [0, 0.1) is 0 Å². The topological polar surface area (TPSA) is 93.2 Å². The van der Waals surface area contributed by atoms with E-state index in [1.54, 1.807) is 28.2 Å². The molecule has 2 aromatic rings. The van der Waals surface area contributed by atoms with Gasteiger partial charge < -0.3 is 28.2 Å². The van der Waals surface area contributed by atoms with Crippen molar-refractivity contribution in [1.29, 1.82) is 0 Å². The smallest absolute Gasteiger partial charge is 0.410 e. The van der Waals surface area contributed by atoms with Crippen molar-refractivity contribution in [2.45, 2.75) is 117 Å². The minimum absolute atomic E-state index is 0.250. The molecule has 0 aliphatic rings. The summed E-state index contributed by atoms with van der Waals surface area (Å²) in [6, 6.07) is 15.3. The molecule has 0 aromatic heterocycles. The maximum Gasteiger partial charge on any atom is 0.414 e. The van der Waals surface area contributed by atoms with E-state index < -0.39 is 12.2 Å². The van der Waals surface area contributed by atoms with E-state index in [1.807, 2.05) is 48.5 Å². The zero-order chi connectivity index (χ0) is 40.0. The number of amides is 2. The highest BCUT2D eigenvalue weighted by Crippen LogP contribution is 2.26. The molecule has 0 aliphatic carbocycles. The zero-order valence-electron chi connectivity index (χ0n) is 35.0. The van der Waals surface area contributed by atoms with E-state index in [0.717, 1.165) is 88.4 Å². The molecule has 0 aliphatic heterocycles. The number of Topliss-reactive ketones (excluding diaryl/α,β-unsaturated/α-hetero) is 2. The molecule has 302 valence electrons. The lowest BCUT2D eigenvalue weighted by Gasteiger charge is -2.35. The predicted octanol–water partition coefficient (Wildman–Crippen LogP) is 9.04. The van der Waals surface area contributed by atoms with Crippen LogP contribution in [-0.4, -0.2) is 111 Å². The summed E-state index contributed by atoms with van der Waals surface area (Å²) in [5.74, 6) is 1.59. The van der Waals surface area contributed by atoms with Crippen LogP contribution < -0.4 is 9.47 Å². The molecule has 0 heterocycles. The second-order valence-corrected chi connectivity index (χ2v) is 16.2. The van der Waals surface area contributed by atoms with E-state index in [1.165, 1.54) is 22.6 Å². The van der Waals surface area contributed by atoms with Gasteiger partial charge in [-0.05, 0) is 62.8 Å². The number of rotatable bonds is 27. The molecule has 54 heavy (non-hydrogen) atoms. The molecule has 0 saturated carbocycles. The number of hydrogen-bond acceptors (Lipinski definition) is 6. The molecular formula is C44H72N4O6+2. The molecule has 0 fully saturated rings. The number of para-hydroxylation sites is 2. The van der Waals surface area contributed by atoms with Crippen molar-refractivity contribution in [2.75, 3.05) is 68.5 Å². The van der Waals surface area contributed by atoms with Crippen LogP contribution in [0.4, 0.5) is 9.59 Å². The Balaban J connectivity index is 1.94. The van der Waals surface area contributed by atoms with E-state index in [4.69, 9.17) is 9.47 Å². The fraction of sp³-hybridized carbons (Fsp3) is 0.636. The fourth-order valence-corrected chi connectivity index (χ4v) is 6.94. The highest BCUT2D eigenvalue weighted by atomic mass is 16.6. The number of hydrogen-bond donors (Lipinski definition) is 0. The van der Waals surface area contributed by atoms with Crippen molar-refractivity contribution in [3.63, 3.8) is 0 Å². The molecule has 0 saturated heterocycles. The van der Waals surface area contributed by atoms with Crippen LogP contribution in [0.1, 0.15) is 115 Å². The third-order valence-corrected chi connectivity index (χ3v) is 10.1. The van der Waals surface area contributed by atoms with Crippen molar-refractivity contribution in [3.05, 3.63) is 59.7 Å². The third kappa shape index (κ3) is 18.0.